The second-order valence-corrected chi connectivity index (χ2v) is 6.80. The monoisotopic (exact) mass is 299 g/mol. The fraction of sp³-hybridized carbons (Fsp3) is 0.389. The highest BCUT2D eigenvalue weighted by atomic mass is 32.1. The Morgan fingerprint density at radius 1 is 1.14 bits per heavy atom. The van der Waals surface area contributed by atoms with Crippen molar-refractivity contribution in [1.29, 1.82) is 0 Å². The van der Waals surface area contributed by atoms with Gasteiger partial charge in [0.05, 0.1) is 4.88 Å². The maximum atomic E-state index is 12.8. The van der Waals surface area contributed by atoms with Crippen LogP contribution in [0.5, 0.6) is 0 Å². The van der Waals surface area contributed by atoms with Gasteiger partial charge >= 0.3 is 0 Å². The predicted octanol–water partition coefficient (Wildman–Crippen LogP) is 4.74. The highest BCUT2D eigenvalue weighted by Gasteiger charge is 2.26. The van der Waals surface area contributed by atoms with Crippen LogP contribution >= 0.6 is 11.3 Å². The molecule has 1 amide bonds. The molecule has 110 valence electrons. The molecule has 0 radical (unpaired) electrons. The Kier molecular flexibility index (Phi) is 4.11. The van der Waals surface area contributed by atoms with E-state index in [1.54, 1.807) is 11.3 Å². The molecule has 1 aliphatic rings. The third kappa shape index (κ3) is 2.88. The average molecular weight is 299 g/mol. The molecule has 2 aromatic rings. The third-order valence-electron chi connectivity index (χ3n) is 4.41. The van der Waals surface area contributed by atoms with Crippen LogP contribution in [0.25, 0.3) is 11.1 Å². The van der Waals surface area contributed by atoms with Gasteiger partial charge < -0.3 is 4.90 Å². The van der Waals surface area contributed by atoms with Crippen LogP contribution < -0.4 is 0 Å². The zero-order valence-electron chi connectivity index (χ0n) is 12.6. The molecule has 1 fully saturated rings. The first-order valence-corrected chi connectivity index (χ1v) is 8.46. The van der Waals surface area contributed by atoms with Crippen molar-refractivity contribution >= 4 is 17.2 Å². The number of benzene rings is 1. The quantitative estimate of drug-likeness (QED) is 0.801. The molecule has 0 saturated heterocycles. The Labute approximate surface area is 130 Å². The normalized spacial score (nSPS) is 15.3. The fourth-order valence-corrected chi connectivity index (χ4v) is 3.95. The van der Waals surface area contributed by atoms with Crippen molar-refractivity contribution in [2.24, 2.45) is 0 Å². The third-order valence-corrected chi connectivity index (χ3v) is 5.32. The van der Waals surface area contributed by atoms with Crippen LogP contribution in [0.2, 0.25) is 0 Å². The SMILES string of the molecule is Cc1ccc(-c2ccsc2C(=O)N(C)C2CCCC2)cc1. The first-order valence-electron chi connectivity index (χ1n) is 7.58. The summed E-state index contributed by atoms with van der Waals surface area (Å²) in [5.74, 6) is 0.174. The molecule has 0 unspecified atom stereocenters. The lowest BCUT2D eigenvalue weighted by atomic mass is 10.0. The summed E-state index contributed by atoms with van der Waals surface area (Å²) in [7, 11) is 1.96. The topological polar surface area (TPSA) is 20.3 Å². The number of nitrogens with zero attached hydrogens (tertiary/aromatic N) is 1. The van der Waals surface area contributed by atoms with Crippen molar-refractivity contribution in [3.05, 3.63) is 46.2 Å². The van der Waals surface area contributed by atoms with E-state index in [0.29, 0.717) is 6.04 Å². The van der Waals surface area contributed by atoms with E-state index in [0.717, 1.165) is 28.8 Å². The van der Waals surface area contributed by atoms with Gasteiger partial charge in [0.15, 0.2) is 0 Å². The van der Waals surface area contributed by atoms with Crippen molar-refractivity contribution in [3.63, 3.8) is 0 Å². The van der Waals surface area contributed by atoms with Gasteiger partial charge in [-0.25, -0.2) is 0 Å². The van der Waals surface area contributed by atoms with Gasteiger partial charge in [0, 0.05) is 18.7 Å². The molecule has 1 aromatic heterocycles. The number of carbonyl (C=O) groups excluding carboxylic acids is 1. The molecule has 3 heteroatoms. The number of carbonyl (C=O) groups is 1. The van der Waals surface area contributed by atoms with Gasteiger partial charge in [0.25, 0.3) is 5.91 Å². The lowest BCUT2D eigenvalue weighted by Gasteiger charge is -2.24. The molecule has 1 aliphatic carbocycles. The van der Waals surface area contributed by atoms with Gasteiger partial charge in [-0.15, -0.1) is 11.3 Å². The van der Waals surface area contributed by atoms with Gasteiger partial charge in [0.1, 0.15) is 0 Å². The molecule has 3 rings (SSSR count). The molecule has 0 aliphatic heterocycles. The first kappa shape index (κ1) is 14.3. The lowest BCUT2D eigenvalue weighted by molar-refractivity contribution is 0.0741. The zero-order chi connectivity index (χ0) is 14.8. The highest BCUT2D eigenvalue weighted by molar-refractivity contribution is 7.12. The summed E-state index contributed by atoms with van der Waals surface area (Å²) in [6.45, 7) is 2.08. The van der Waals surface area contributed by atoms with Crippen molar-refractivity contribution in [2.75, 3.05) is 7.05 Å². The smallest absolute Gasteiger partial charge is 0.264 e. The van der Waals surface area contributed by atoms with Crippen LogP contribution in [0.15, 0.2) is 35.7 Å². The van der Waals surface area contributed by atoms with E-state index in [1.165, 1.54) is 18.4 Å². The van der Waals surface area contributed by atoms with Gasteiger partial charge in [-0.1, -0.05) is 42.7 Å². The molecular weight excluding hydrogens is 278 g/mol. The van der Waals surface area contributed by atoms with E-state index in [-0.39, 0.29) is 5.91 Å². The summed E-state index contributed by atoms with van der Waals surface area (Å²) in [5, 5.41) is 2.02. The summed E-state index contributed by atoms with van der Waals surface area (Å²) in [5.41, 5.74) is 3.43. The number of hydrogen-bond acceptors (Lipinski definition) is 2. The van der Waals surface area contributed by atoms with E-state index < -0.39 is 0 Å². The molecule has 2 nitrogen and oxygen atoms in total. The number of rotatable bonds is 3. The van der Waals surface area contributed by atoms with Gasteiger partial charge in [-0.2, -0.15) is 0 Å². The van der Waals surface area contributed by atoms with Crippen molar-refractivity contribution in [3.8, 4) is 11.1 Å². The maximum absolute atomic E-state index is 12.8. The van der Waals surface area contributed by atoms with Crippen LogP contribution in [0.1, 0.15) is 40.9 Å². The molecule has 0 spiro atoms. The fourth-order valence-electron chi connectivity index (χ4n) is 3.05. The number of hydrogen-bond donors (Lipinski definition) is 0. The van der Waals surface area contributed by atoms with Gasteiger partial charge in [-0.3, -0.25) is 4.79 Å². The van der Waals surface area contributed by atoms with Crippen LogP contribution in [0.3, 0.4) is 0 Å². The number of thiophene rings is 1. The molecule has 0 bridgehead atoms. The van der Waals surface area contributed by atoms with Gasteiger partial charge in [0.2, 0.25) is 0 Å². The minimum absolute atomic E-state index is 0.174. The molecule has 1 saturated carbocycles. The molecule has 1 aromatic carbocycles. The molecular formula is C18H21NOS. The summed E-state index contributed by atoms with van der Waals surface area (Å²) >= 11 is 1.55. The summed E-state index contributed by atoms with van der Waals surface area (Å²) in [6, 6.07) is 10.9. The Balaban J connectivity index is 1.87. The van der Waals surface area contributed by atoms with Crippen molar-refractivity contribution in [1.82, 2.24) is 4.90 Å². The van der Waals surface area contributed by atoms with Crippen LogP contribution in [0, 0.1) is 6.92 Å². The molecule has 21 heavy (non-hydrogen) atoms. The van der Waals surface area contributed by atoms with E-state index in [9.17, 15) is 4.79 Å². The van der Waals surface area contributed by atoms with Crippen molar-refractivity contribution < 1.29 is 4.79 Å². The molecule has 0 atom stereocenters. The Bertz CT molecular complexity index is 623. The highest BCUT2D eigenvalue weighted by Crippen LogP contribution is 2.31. The van der Waals surface area contributed by atoms with E-state index in [2.05, 4.69) is 37.3 Å². The Hall–Kier alpha value is -1.61. The molecule has 0 N–H and O–H groups in total. The zero-order valence-corrected chi connectivity index (χ0v) is 13.5. The minimum Gasteiger partial charge on any atom is -0.338 e. The molecule has 1 heterocycles. The number of aryl methyl sites for hydroxylation is 1. The van der Waals surface area contributed by atoms with E-state index >= 15 is 0 Å². The standard InChI is InChI=1S/C18H21NOS/c1-13-7-9-14(10-8-13)16-11-12-21-17(16)18(20)19(2)15-5-3-4-6-15/h7-12,15H,3-6H2,1-2H3. The second-order valence-electron chi connectivity index (χ2n) is 5.88. The lowest BCUT2D eigenvalue weighted by Crippen LogP contribution is -2.34. The largest absolute Gasteiger partial charge is 0.338 e. The summed E-state index contributed by atoms with van der Waals surface area (Å²) in [4.78, 5) is 15.6. The first-order chi connectivity index (χ1) is 10.2. The van der Waals surface area contributed by atoms with Crippen LogP contribution in [-0.2, 0) is 0 Å². The number of amides is 1. The van der Waals surface area contributed by atoms with Gasteiger partial charge in [-0.05, 0) is 36.8 Å². The summed E-state index contributed by atoms with van der Waals surface area (Å²) < 4.78 is 0. The summed E-state index contributed by atoms with van der Waals surface area (Å²) in [6.07, 6.45) is 4.79. The Morgan fingerprint density at radius 2 is 1.81 bits per heavy atom. The maximum Gasteiger partial charge on any atom is 0.264 e. The predicted molar refractivity (Wildman–Crippen MR) is 88.8 cm³/mol. The average Bonchev–Trinajstić information content (AvgIpc) is 3.17. The second kappa shape index (κ2) is 6.02. The van der Waals surface area contributed by atoms with E-state index in [4.69, 9.17) is 0 Å². The minimum atomic E-state index is 0.174. The van der Waals surface area contributed by atoms with E-state index in [1.807, 2.05) is 17.3 Å². The Morgan fingerprint density at radius 3 is 2.48 bits per heavy atom. The van der Waals surface area contributed by atoms with Crippen LogP contribution in [-0.4, -0.2) is 23.9 Å². The van der Waals surface area contributed by atoms with Crippen LogP contribution in [0.4, 0.5) is 0 Å². The van der Waals surface area contributed by atoms with Crippen molar-refractivity contribution in [2.45, 2.75) is 38.6 Å².